The Morgan fingerprint density at radius 2 is 2.00 bits per heavy atom. The summed E-state index contributed by atoms with van der Waals surface area (Å²) < 4.78 is 4.52. The predicted molar refractivity (Wildman–Crippen MR) is 52.1 cm³/mol. The Hall–Kier alpha value is -1.65. The van der Waals surface area contributed by atoms with Crippen molar-refractivity contribution in [1.82, 2.24) is 9.97 Å². The number of ether oxygens (including phenoxy) is 1. The number of carbonyl (C=O) groups is 1. The quantitative estimate of drug-likeness (QED) is 0.731. The second kappa shape index (κ2) is 4.55. The van der Waals surface area contributed by atoms with Crippen molar-refractivity contribution >= 4 is 11.9 Å². The van der Waals surface area contributed by atoms with Crippen LogP contribution in [0.4, 0.5) is 5.95 Å². The molecule has 1 N–H and O–H groups in total. The average molecular weight is 195 g/mol. The highest BCUT2D eigenvalue weighted by Gasteiger charge is 2.06. The Kier molecular flexibility index (Phi) is 3.39. The van der Waals surface area contributed by atoms with Crippen molar-refractivity contribution in [3.63, 3.8) is 0 Å². The van der Waals surface area contributed by atoms with Gasteiger partial charge >= 0.3 is 5.97 Å². The van der Waals surface area contributed by atoms with Crippen LogP contribution in [0, 0.1) is 0 Å². The van der Waals surface area contributed by atoms with E-state index in [4.69, 9.17) is 0 Å². The summed E-state index contributed by atoms with van der Waals surface area (Å²) in [6, 6.07) is 0.263. The summed E-state index contributed by atoms with van der Waals surface area (Å²) in [5, 5.41) is 3.01. The number of methoxy groups -OCH3 is 1. The van der Waals surface area contributed by atoms with Crippen LogP contribution in [0.5, 0.6) is 0 Å². The number of anilines is 1. The van der Waals surface area contributed by atoms with Crippen molar-refractivity contribution in [3.05, 3.63) is 18.0 Å². The Morgan fingerprint density at radius 3 is 2.43 bits per heavy atom. The third kappa shape index (κ3) is 2.69. The van der Waals surface area contributed by atoms with E-state index in [0.717, 1.165) is 0 Å². The summed E-state index contributed by atoms with van der Waals surface area (Å²) in [6.07, 6.45) is 2.87. The molecule has 5 nitrogen and oxygen atoms in total. The van der Waals surface area contributed by atoms with Crippen LogP contribution in [0.15, 0.2) is 12.4 Å². The molecule has 1 aromatic heterocycles. The molecule has 0 saturated heterocycles. The maximum atomic E-state index is 11.0. The summed E-state index contributed by atoms with van der Waals surface area (Å²) in [5.41, 5.74) is 0.349. The monoisotopic (exact) mass is 195 g/mol. The van der Waals surface area contributed by atoms with Crippen LogP contribution in [0.1, 0.15) is 24.2 Å². The topological polar surface area (TPSA) is 64.1 Å². The SMILES string of the molecule is COC(=O)c1cnc(NC(C)C)nc1. The van der Waals surface area contributed by atoms with Crippen LogP contribution in [-0.4, -0.2) is 29.1 Å². The Balaban J connectivity index is 2.73. The summed E-state index contributed by atoms with van der Waals surface area (Å²) >= 11 is 0. The zero-order valence-corrected chi connectivity index (χ0v) is 8.44. The second-order valence-corrected chi connectivity index (χ2v) is 3.09. The Morgan fingerprint density at radius 1 is 1.43 bits per heavy atom. The molecule has 1 rings (SSSR count). The number of rotatable bonds is 3. The fraction of sp³-hybridized carbons (Fsp3) is 0.444. The minimum absolute atomic E-state index is 0.263. The van der Waals surface area contributed by atoms with Gasteiger partial charge in [-0.15, -0.1) is 0 Å². The maximum Gasteiger partial charge on any atom is 0.341 e. The van der Waals surface area contributed by atoms with Crippen LogP contribution in [0.2, 0.25) is 0 Å². The standard InChI is InChI=1S/C9H13N3O2/c1-6(2)12-9-10-4-7(5-11-9)8(13)14-3/h4-6H,1-3H3,(H,10,11,12). The fourth-order valence-corrected chi connectivity index (χ4v) is 0.884. The van der Waals surface area contributed by atoms with E-state index in [-0.39, 0.29) is 6.04 Å². The van der Waals surface area contributed by atoms with Crippen LogP contribution in [0.25, 0.3) is 0 Å². The maximum absolute atomic E-state index is 11.0. The molecule has 1 aromatic rings. The van der Waals surface area contributed by atoms with Gasteiger partial charge in [0.25, 0.3) is 0 Å². The predicted octanol–water partition coefficient (Wildman–Crippen LogP) is 1.08. The molecule has 0 unspecified atom stereocenters. The zero-order chi connectivity index (χ0) is 10.6. The molecule has 0 amide bonds. The molecule has 0 aliphatic carbocycles. The molecule has 0 radical (unpaired) electrons. The summed E-state index contributed by atoms with van der Waals surface area (Å²) in [5.74, 6) is 0.0775. The van der Waals surface area contributed by atoms with E-state index in [2.05, 4.69) is 20.0 Å². The fourth-order valence-electron chi connectivity index (χ4n) is 0.884. The number of nitrogens with one attached hydrogen (secondary N) is 1. The third-order valence-electron chi connectivity index (χ3n) is 1.49. The van der Waals surface area contributed by atoms with E-state index < -0.39 is 5.97 Å². The molecule has 14 heavy (non-hydrogen) atoms. The van der Waals surface area contributed by atoms with Gasteiger partial charge in [0.05, 0.1) is 12.7 Å². The summed E-state index contributed by atoms with van der Waals surface area (Å²) in [6.45, 7) is 3.97. The van der Waals surface area contributed by atoms with Gasteiger partial charge in [0, 0.05) is 18.4 Å². The first-order chi connectivity index (χ1) is 6.63. The Labute approximate surface area is 82.5 Å². The van der Waals surface area contributed by atoms with Gasteiger partial charge < -0.3 is 10.1 Å². The summed E-state index contributed by atoms with van der Waals surface area (Å²) in [4.78, 5) is 19.0. The van der Waals surface area contributed by atoms with Gasteiger partial charge in [0.1, 0.15) is 0 Å². The van der Waals surface area contributed by atoms with E-state index >= 15 is 0 Å². The van der Waals surface area contributed by atoms with Crippen molar-refractivity contribution in [2.45, 2.75) is 19.9 Å². The zero-order valence-electron chi connectivity index (χ0n) is 8.44. The lowest BCUT2D eigenvalue weighted by Crippen LogP contribution is -2.13. The van der Waals surface area contributed by atoms with Crippen LogP contribution >= 0.6 is 0 Å². The minimum atomic E-state index is -0.430. The highest BCUT2D eigenvalue weighted by molar-refractivity contribution is 5.88. The van der Waals surface area contributed by atoms with Gasteiger partial charge in [-0.2, -0.15) is 0 Å². The number of carbonyl (C=O) groups excluding carboxylic acids is 1. The number of nitrogens with zero attached hydrogens (tertiary/aromatic N) is 2. The molecule has 0 fully saturated rings. The third-order valence-corrected chi connectivity index (χ3v) is 1.49. The molecule has 1 heterocycles. The Bertz CT molecular complexity index is 308. The first kappa shape index (κ1) is 10.4. The molecule has 0 atom stereocenters. The van der Waals surface area contributed by atoms with Gasteiger partial charge in [-0.25, -0.2) is 14.8 Å². The van der Waals surface area contributed by atoms with Crippen LogP contribution in [-0.2, 0) is 4.74 Å². The van der Waals surface area contributed by atoms with Crippen LogP contribution in [0.3, 0.4) is 0 Å². The van der Waals surface area contributed by atoms with E-state index in [1.807, 2.05) is 13.8 Å². The van der Waals surface area contributed by atoms with Crippen LogP contribution < -0.4 is 5.32 Å². The van der Waals surface area contributed by atoms with Gasteiger partial charge in [0.2, 0.25) is 5.95 Å². The molecule has 0 aromatic carbocycles. The molecular formula is C9H13N3O2. The van der Waals surface area contributed by atoms with E-state index in [0.29, 0.717) is 11.5 Å². The van der Waals surface area contributed by atoms with Gasteiger partial charge in [-0.1, -0.05) is 0 Å². The first-order valence-electron chi connectivity index (χ1n) is 4.30. The van der Waals surface area contributed by atoms with Gasteiger partial charge in [0.15, 0.2) is 0 Å². The molecule has 0 aliphatic heterocycles. The highest BCUT2D eigenvalue weighted by Crippen LogP contribution is 2.02. The lowest BCUT2D eigenvalue weighted by molar-refractivity contribution is 0.0600. The largest absolute Gasteiger partial charge is 0.465 e. The molecule has 5 heteroatoms. The van der Waals surface area contributed by atoms with Crippen molar-refractivity contribution in [1.29, 1.82) is 0 Å². The normalized spacial score (nSPS) is 10.0. The molecule has 76 valence electrons. The number of hydrogen-bond donors (Lipinski definition) is 1. The lowest BCUT2D eigenvalue weighted by Gasteiger charge is -2.07. The minimum Gasteiger partial charge on any atom is -0.465 e. The van der Waals surface area contributed by atoms with Crippen molar-refractivity contribution in [2.24, 2.45) is 0 Å². The van der Waals surface area contributed by atoms with Crippen molar-refractivity contribution in [3.8, 4) is 0 Å². The number of hydrogen-bond acceptors (Lipinski definition) is 5. The van der Waals surface area contributed by atoms with E-state index in [9.17, 15) is 4.79 Å². The van der Waals surface area contributed by atoms with Gasteiger partial charge in [-0.3, -0.25) is 0 Å². The lowest BCUT2D eigenvalue weighted by atomic mass is 10.3. The molecule has 0 bridgehead atoms. The molecule has 0 aliphatic rings. The average Bonchev–Trinajstić information content (AvgIpc) is 2.17. The van der Waals surface area contributed by atoms with Crippen molar-refractivity contribution < 1.29 is 9.53 Å². The molecule has 0 saturated carbocycles. The van der Waals surface area contributed by atoms with Gasteiger partial charge in [-0.05, 0) is 13.8 Å². The summed E-state index contributed by atoms with van der Waals surface area (Å²) in [7, 11) is 1.32. The second-order valence-electron chi connectivity index (χ2n) is 3.09. The number of aromatic nitrogens is 2. The number of esters is 1. The smallest absolute Gasteiger partial charge is 0.341 e. The van der Waals surface area contributed by atoms with E-state index in [1.165, 1.54) is 19.5 Å². The molecule has 0 spiro atoms. The van der Waals surface area contributed by atoms with E-state index in [1.54, 1.807) is 0 Å². The molecular weight excluding hydrogens is 182 g/mol. The van der Waals surface area contributed by atoms with Crippen molar-refractivity contribution in [2.75, 3.05) is 12.4 Å². The highest BCUT2D eigenvalue weighted by atomic mass is 16.5. The first-order valence-corrected chi connectivity index (χ1v) is 4.30.